The fraction of sp³-hybridized carbons (Fsp3) is 0.0968. The summed E-state index contributed by atoms with van der Waals surface area (Å²) in [7, 11) is 2.14. The van der Waals surface area contributed by atoms with E-state index in [1.54, 1.807) is 0 Å². The second-order valence-electron chi connectivity index (χ2n) is 8.71. The molecule has 0 aliphatic rings. The third-order valence-corrected chi connectivity index (χ3v) is 7.78. The summed E-state index contributed by atoms with van der Waals surface area (Å²) in [5, 5.41) is 3.83. The van der Waals surface area contributed by atoms with Crippen molar-refractivity contribution in [3.63, 3.8) is 0 Å². The highest BCUT2D eigenvalue weighted by Crippen LogP contribution is 2.32. The molecule has 0 N–H and O–H groups in total. The largest absolute Gasteiger partial charge is 0.341 e. The quantitative estimate of drug-likeness (QED) is 0.237. The molecule has 6 rings (SSSR count). The summed E-state index contributed by atoms with van der Waals surface area (Å²) in [5.74, 6) is 0. The minimum atomic E-state index is 0.943. The predicted octanol–water partition coefficient (Wildman–Crippen LogP) is 7.59. The molecule has 0 aliphatic heterocycles. The van der Waals surface area contributed by atoms with Crippen molar-refractivity contribution in [3.8, 4) is 0 Å². The Hall–Kier alpha value is -4.02. The highest BCUT2D eigenvalue weighted by Gasteiger charge is 2.14. The van der Waals surface area contributed by atoms with Crippen LogP contribution in [0.1, 0.15) is 28.6 Å². The number of hydrogen-bond donors (Lipinski definition) is 0. The second kappa shape index (κ2) is 8.97. The molecule has 0 radical (unpaired) electrons. The standard InChI is InChI=1S/C31H26N3S/c1-3-34-27-13-10-23(9-8-22-16-18-32-19-17-22)20-25(27)26-21-24(11-14-28(26)34)12-15-31-33(2)29-6-4-5-7-30(29)35-31/h4-21H,3H2,1-2H3/q+1/b9-8+. The van der Waals surface area contributed by atoms with Gasteiger partial charge in [-0.15, -0.1) is 0 Å². The lowest BCUT2D eigenvalue weighted by Gasteiger charge is -2.03. The van der Waals surface area contributed by atoms with Crippen LogP contribution in [0, 0.1) is 0 Å². The number of rotatable bonds is 5. The van der Waals surface area contributed by atoms with Crippen LogP contribution in [0.5, 0.6) is 0 Å². The Bertz CT molecular complexity index is 1740. The summed E-state index contributed by atoms with van der Waals surface area (Å²) >= 11 is 1.82. The van der Waals surface area contributed by atoms with Crippen molar-refractivity contribution in [2.45, 2.75) is 13.5 Å². The monoisotopic (exact) mass is 472 g/mol. The molecule has 3 nitrogen and oxygen atoms in total. The number of aryl methyl sites for hydroxylation is 2. The number of nitrogens with zero attached hydrogens (tertiary/aromatic N) is 3. The Morgan fingerprint density at radius 1 is 0.771 bits per heavy atom. The summed E-state index contributed by atoms with van der Waals surface area (Å²) in [5.41, 5.74) is 7.39. The second-order valence-corrected chi connectivity index (χ2v) is 9.77. The fourth-order valence-electron chi connectivity index (χ4n) is 4.79. The van der Waals surface area contributed by atoms with Crippen molar-refractivity contribution in [1.82, 2.24) is 9.55 Å². The Kier molecular flexibility index (Phi) is 5.51. The van der Waals surface area contributed by atoms with Gasteiger partial charge in [-0.1, -0.05) is 47.8 Å². The first-order chi connectivity index (χ1) is 17.2. The smallest absolute Gasteiger partial charge is 0.262 e. The summed E-state index contributed by atoms with van der Waals surface area (Å²) < 4.78 is 5.98. The minimum Gasteiger partial charge on any atom is -0.341 e. The van der Waals surface area contributed by atoms with Crippen molar-refractivity contribution < 1.29 is 4.57 Å². The van der Waals surface area contributed by atoms with Crippen LogP contribution in [0.15, 0.2) is 85.2 Å². The highest BCUT2D eigenvalue weighted by atomic mass is 32.1. The number of para-hydroxylation sites is 1. The normalized spacial score (nSPS) is 12.2. The zero-order valence-electron chi connectivity index (χ0n) is 19.8. The number of fused-ring (bicyclic) bond motifs is 4. The lowest BCUT2D eigenvalue weighted by atomic mass is 10.1. The Morgan fingerprint density at radius 3 is 2.06 bits per heavy atom. The molecule has 0 atom stereocenters. The zero-order valence-corrected chi connectivity index (χ0v) is 20.7. The van der Waals surface area contributed by atoms with E-state index in [-0.39, 0.29) is 0 Å². The number of hydrogen-bond acceptors (Lipinski definition) is 2. The van der Waals surface area contributed by atoms with Crippen LogP contribution in [0.2, 0.25) is 0 Å². The molecule has 0 saturated heterocycles. The average Bonchev–Trinajstić information content (AvgIpc) is 3.40. The summed E-state index contributed by atoms with van der Waals surface area (Å²) in [6, 6.07) is 26.2. The number of aromatic nitrogens is 3. The molecule has 0 amide bonds. The third-order valence-electron chi connectivity index (χ3n) is 6.59. The Balaban J connectivity index is 1.41. The Morgan fingerprint density at radius 2 is 1.40 bits per heavy atom. The van der Waals surface area contributed by atoms with Crippen LogP contribution in [-0.2, 0) is 13.6 Å². The van der Waals surface area contributed by atoms with Crippen LogP contribution >= 0.6 is 11.3 Å². The molecule has 170 valence electrons. The van der Waals surface area contributed by atoms with Crippen molar-refractivity contribution in [3.05, 3.63) is 107 Å². The van der Waals surface area contributed by atoms with Gasteiger partial charge in [-0.25, -0.2) is 0 Å². The first-order valence-corrected chi connectivity index (χ1v) is 12.7. The maximum absolute atomic E-state index is 4.10. The molecule has 3 aromatic carbocycles. The van der Waals surface area contributed by atoms with Crippen molar-refractivity contribution in [2.75, 3.05) is 0 Å². The molecule has 0 spiro atoms. The van der Waals surface area contributed by atoms with Crippen LogP contribution < -0.4 is 4.57 Å². The average molecular weight is 473 g/mol. The molecular weight excluding hydrogens is 446 g/mol. The zero-order chi connectivity index (χ0) is 23.8. The van der Waals surface area contributed by atoms with Crippen molar-refractivity contribution in [1.29, 1.82) is 0 Å². The highest BCUT2D eigenvalue weighted by molar-refractivity contribution is 7.18. The molecular formula is C31H26N3S+. The third kappa shape index (κ3) is 3.96. The molecule has 4 heteroatoms. The van der Waals surface area contributed by atoms with Gasteiger partial charge in [0, 0.05) is 52.9 Å². The fourth-order valence-corrected chi connectivity index (χ4v) is 5.84. The van der Waals surface area contributed by atoms with E-state index in [9.17, 15) is 0 Å². The van der Waals surface area contributed by atoms with Gasteiger partial charge in [-0.3, -0.25) is 4.98 Å². The maximum atomic E-state index is 4.10. The molecule has 0 fully saturated rings. The summed E-state index contributed by atoms with van der Waals surface area (Å²) in [4.78, 5) is 4.10. The first-order valence-electron chi connectivity index (χ1n) is 11.9. The van der Waals surface area contributed by atoms with Gasteiger partial charge >= 0.3 is 0 Å². The van der Waals surface area contributed by atoms with Gasteiger partial charge in [0.1, 0.15) is 11.7 Å². The van der Waals surface area contributed by atoms with E-state index in [4.69, 9.17) is 0 Å². The lowest BCUT2D eigenvalue weighted by Crippen LogP contribution is -2.28. The van der Waals surface area contributed by atoms with E-state index in [2.05, 4.69) is 113 Å². The van der Waals surface area contributed by atoms with E-state index in [1.165, 1.54) is 48.2 Å². The molecule has 6 aromatic rings. The van der Waals surface area contributed by atoms with E-state index >= 15 is 0 Å². The number of thiazole rings is 1. The molecule has 0 saturated carbocycles. The number of benzene rings is 3. The lowest BCUT2D eigenvalue weighted by molar-refractivity contribution is -0.642. The van der Waals surface area contributed by atoms with E-state index in [0.29, 0.717) is 0 Å². The molecule has 3 aromatic heterocycles. The van der Waals surface area contributed by atoms with Gasteiger partial charge in [0.25, 0.3) is 5.01 Å². The van der Waals surface area contributed by atoms with E-state index in [1.807, 2.05) is 35.9 Å². The first kappa shape index (κ1) is 21.5. The molecule has 0 aliphatic carbocycles. The molecule has 0 bridgehead atoms. The van der Waals surface area contributed by atoms with Crippen LogP contribution in [-0.4, -0.2) is 9.55 Å². The predicted molar refractivity (Wildman–Crippen MR) is 150 cm³/mol. The van der Waals surface area contributed by atoms with Crippen LogP contribution in [0.4, 0.5) is 0 Å². The van der Waals surface area contributed by atoms with Crippen molar-refractivity contribution in [2.24, 2.45) is 7.05 Å². The molecule has 35 heavy (non-hydrogen) atoms. The molecule has 3 heterocycles. The van der Waals surface area contributed by atoms with Crippen LogP contribution in [0.3, 0.4) is 0 Å². The topological polar surface area (TPSA) is 21.7 Å². The number of pyridine rings is 1. The van der Waals surface area contributed by atoms with Crippen LogP contribution in [0.25, 0.3) is 56.3 Å². The van der Waals surface area contributed by atoms with Gasteiger partial charge < -0.3 is 4.57 Å². The summed E-state index contributed by atoms with van der Waals surface area (Å²) in [6.45, 7) is 3.16. The van der Waals surface area contributed by atoms with E-state index in [0.717, 1.165) is 12.1 Å². The van der Waals surface area contributed by atoms with Gasteiger partial charge in [-0.2, -0.15) is 4.57 Å². The van der Waals surface area contributed by atoms with Gasteiger partial charge in [0.2, 0.25) is 5.52 Å². The van der Waals surface area contributed by atoms with Gasteiger partial charge in [0.15, 0.2) is 0 Å². The molecule has 0 unspecified atom stereocenters. The Labute approximate surface area is 208 Å². The maximum Gasteiger partial charge on any atom is 0.262 e. The van der Waals surface area contributed by atoms with Gasteiger partial charge in [0.05, 0.1) is 0 Å². The SMILES string of the molecule is CCn1c2ccc(/C=C/c3ccncc3)cc2c2cc(/C=C/c3sc4ccccc4[n+]3C)ccc21. The van der Waals surface area contributed by atoms with Gasteiger partial charge in [-0.05, 0) is 72.2 Å². The van der Waals surface area contributed by atoms with E-state index < -0.39 is 0 Å². The minimum absolute atomic E-state index is 0.943. The van der Waals surface area contributed by atoms with Crippen molar-refractivity contribution >= 4 is 67.7 Å². The summed E-state index contributed by atoms with van der Waals surface area (Å²) in [6.07, 6.45) is 12.4.